The van der Waals surface area contributed by atoms with E-state index in [1.807, 2.05) is 11.3 Å². The first-order valence-corrected chi connectivity index (χ1v) is 19.0. The van der Waals surface area contributed by atoms with Crippen molar-refractivity contribution in [3.8, 4) is 11.4 Å². The minimum atomic E-state index is 0.109. The van der Waals surface area contributed by atoms with Crippen LogP contribution in [0.3, 0.4) is 0 Å². The van der Waals surface area contributed by atoms with Crippen molar-refractivity contribution < 1.29 is 0 Å². The van der Waals surface area contributed by atoms with Crippen LogP contribution in [0.5, 0.6) is 0 Å². The van der Waals surface area contributed by atoms with E-state index in [9.17, 15) is 0 Å². The van der Waals surface area contributed by atoms with Gasteiger partial charge in [-0.1, -0.05) is 94.4 Å². The van der Waals surface area contributed by atoms with Crippen LogP contribution in [0, 0.1) is 0 Å². The maximum absolute atomic E-state index is 2.57. The summed E-state index contributed by atoms with van der Waals surface area (Å²) in [5.41, 5.74) is 10.7. The van der Waals surface area contributed by atoms with Gasteiger partial charge in [0.15, 0.2) is 0 Å². The van der Waals surface area contributed by atoms with Gasteiger partial charge in [-0.2, -0.15) is 0 Å². The van der Waals surface area contributed by atoms with Gasteiger partial charge in [0.05, 0.1) is 22.1 Å². The van der Waals surface area contributed by atoms with Gasteiger partial charge in [-0.3, -0.25) is 0 Å². The Balaban J connectivity index is 1.34. The molecule has 0 N–H and O–H groups in total. The Labute approximate surface area is 301 Å². The number of nitrogens with zero attached hydrogens (tertiary/aromatic N) is 2. The molecule has 3 heteroatoms. The first kappa shape index (κ1) is 29.4. The Morgan fingerprint density at radius 1 is 0.431 bits per heavy atom. The van der Waals surface area contributed by atoms with E-state index in [0.29, 0.717) is 0 Å². The predicted octanol–water partition coefficient (Wildman–Crippen LogP) is 13.8. The molecule has 0 atom stereocenters. The van der Waals surface area contributed by atoms with Gasteiger partial charge in [-0.15, -0.1) is 11.3 Å². The van der Waals surface area contributed by atoms with E-state index in [4.69, 9.17) is 0 Å². The molecule has 10 aromatic rings. The molecule has 0 aliphatic heterocycles. The molecule has 0 saturated heterocycles. The van der Waals surface area contributed by atoms with Crippen LogP contribution in [0.2, 0.25) is 0 Å². The molecule has 3 aromatic heterocycles. The Morgan fingerprint density at radius 3 is 1.86 bits per heavy atom. The maximum atomic E-state index is 2.57. The highest BCUT2D eigenvalue weighted by atomic mass is 32.1. The van der Waals surface area contributed by atoms with Crippen LogP contribution in [0.1, 0.15) is 51.7 Å². The lowest BCUT2D eigenvalue weighted by Gasteiger charge is -2.42. The fourth-order valence-electron chi connectivity index (χ4n) is 9.34. The molecule has 246 valence electrons. The van der Waals surface area contributed by atoms with Crippen LogP contribution < -0.4 is 0 Å². The first-order chi connectivity index (χ1) is 24.8. The molecule has 1 aliphatic rings. The summed E-state index contributed by atoms with van der Waals surface area (Å²) in [7, 11) is 0. The smallest absolute Gasteiger partial charge is 0.0549 e. The van der Waals surface area contributed by atoms with Crippen LogP contribution in [0.4, 0.5) is 0 Å². The van der Waals surface area contributed by atoms with Crippen molar-refractivity contribution in [1.82, 2.24) is 9.13 Å². The molecule has 0 saturated carbocycles. The third-order valence-corrected chi connectivity index (χ3v) is 13.3. The summed E-state index contributed by atoms with van der Waals surface area (Å²) in [6, 6.07) is 50.4. The van der Waals surface area contributed by atoms with Gasteiger partial charge in [0, 0.05) is 53.1 Å². The number of thiophene rings is 1. The largest absolute Gasteiger partial charge is 0.309 e. The standard InChI is InChI=1S/C48H38N2S/c1-47(2)22-23-48(3,4)39-28-43-34(25-38(39)47)35-26-42-37(27-41(35)50(43)31-19-21-45-36(24-31)33-16-10-11-17-44(33)51-45)46-32-15-9-8-12-29(32)18-20-40(46)49(42)30-13-6-5-7-14-30/h5-21,24-28H,22-23H2,1-4H3. The molecule has 0 bridgehead atoms. The summed E-state index contributed by atoms with van der Waals surface area (Å²) >= 11 is 1.89. The average Bonchev–Trinajstić information content (AvgIpc) is 3.79. The summed E-state index contributed by atoms with van der Waals surface area (Å²) in [5.74, 6) is 0. The lowest BCUT2D eigenvalue weighted by atomic mass is 9.63. The normalized spacial score (nSPS) is 15.6. The zero-order valence-corrected chi connectivity index (χ0v) is 30.2. The molecule has 3 heterocycles. The molecule has 7 aromatic carbocycles. The second-order valence-electron chi connectivity index (χ2n) is 16.0. The fraction of sp³-hybridized carbons (Fsp3) is 0.167. The number of fused-ring (bicyclic) bond motifs is 12. The lowest BCUT2D eigenvalue weighted by molar-refractivity contribution is 0.332. The highest BCUT2D eigenvalue weighted by Crippen LogP contribution is 2.50. The maximum Gasteiger partial charge on any atom is 0.0549 e. The SMILES string of the molecule is CC1(C)CCC(C)(C)c2cc3c(cc21)c1cc2c(cc1n3-c1ccc3sc4ccccc4c3c1)c1c3ccccc3ccc1n2-c1ccccc1. The van der Waals surface area contributed by atoms with Crippen molar-refractivity contribution >= 4 is 85.9 Å². The van der Waals surface area contributed by atoms with Crippen molar-refractivity contribution in [3.05, 3.63) is 145 Å². The van der Waals surface area contributed by atoms with Crippen molar-refractivity contribution in [3.63, 3.8) is 0 Å². The molecule has 1 aliphatic carbocycles. The predicted molar refractivity (Wildman–Crippen MR) is 221 cm³/mol. The third-order valence-electron chi connectivity index (χ3n) is 12.1. The highest BCUT2D eigenvalue weighted by Gasteiger charge is 2.38. The van der Waals surface area contributed by atoms with Crippen LogP contribution in [0.25, 0.3) is 85.9 Å². The van der Waals surface area contributed by atoms with Gasteiger partial charge in [0.2, 0.25) is 0 Å². The molecular weight excluding hydrogens is 637 g/mol. The molecule has 0 unspecified atom stereocenters. The average molecular weight is 675 g/mol. The molecule has 51 heavy (non-hydrogen) atoms. The number of benzene rings is 7. The van der Waals surface area contributed by atoms with Gasteiger partial charge in [0.25, 0.3) is 0 Å². The molecule has 0 amide bonds. The van der Waals surface area contributed by atoms with E-state index in [-0.39, 0.29) is 10.8 Å². The van der Waals surface area contributed by atoms with E-state index in [2.05, 4.69) is 170 Å². The monoisotopic (exact) mass is 674 g/mol. The van der Waals surface area contributed by atoms with E-state index >= 15 is 0 Å². The molecular formula is C48H38N2S. The number of para-hydroxylation sites is 1. The molecule has 2 nitrogen and oxygen atoms in total. The van der Waals surface area contributed by atoms with E-state index in [1.54, 1.807) is 0 Å². The minimum Gasteiger partial charge on any atom is -0.309 e. The number of hydrogen-bond donors (Lipinski definition) is 0. The van der Waals surface area contributed by atoms with Crippen molar-refractivity contribution in [2.75, 3.05) is 0 Å². The highest BCUT2D eigenvalue weighted by molar-refractivity contribution is 7.25. The van der Waals surface area contributed by atoms with Gasteiger partial charge >= 0.3 is 0 Å². The Kier molecular flexibility index (Phi) is 5.82. The number of rotatable bonds is 2. The van der Waals surface area contributed by atoms with Crippen molar-refractivity contribution in [2.24, 2.45) is 0 Å². The second-order valence-corrected chi connectivity index (χ2v) is 17.1. The third kappa shape index (κ3) is 4.04. The Hall–Kier alpha value is -5.38. The van der Waals surface area contributed by atoms with Crippen LogP contribution >= 0.6 is 11.3 Å². The molecule has 11 rings (SSSR count). The minimum absolute atomic E-state index is 0.109. The van der Waals surface area contributed by atoms with Crippen molar-refractivity contribution in [2.45, 2.75) is 51.4 Å². The summed E-state index contributed by atoms with van der Waals surface area (Å²) < 4.78 is 7.73. The van der Waals surface area contributed by atoms with Crippen LogP contribution in [-0.2, 0) is 10.8 Å². The number of aromatic nitrogens is 2. The van der Waals surface area contributed by atoms with Gasteiger partial charge in [-0.25, -0.2) is 0 Å². The fourth-order valence-corrected chi connectivity index (χ4v) is 10.4. The lowest BCUT2D eigenvalue weighted by Crippen LogP contribution is -2.33. The summed E-state index contributed by atoms with van der Waals surface area (Å²) in [4.78, 5) is 0. The molecule has 0 radical (unpaired) electrons. The molecule has 0 fully saturated rings. The quantitative estimate of drug-likeness (QED) is 0.173. The first-order valence-electron chi connectivity index (χ1n) is 18.2. The Morgan fingerprint density at radius 2 is 1.04 bits per heavy atom. The second kappa shape index (κ2) is 10.1. The topological polar surface area (TPSA) is 9.86 Å². The van der Waals surface area contributed by atoms with Crippen LogP contribution in [0.15, 0.2) is 133 Å². The zero-order chi connectivity index (χ0) is 34.2. The van der Waals surface area contributed by atoms with E-state index in [0.717, 1.165) is 0 Å². The zero-order valence-electron chi connectivity index (χ0n) is 29.4. The van der Waals surface area contributed by atoms with Crippen LogP contribution in [-0.4, -0.2) is 9.13 Å². The number of hydrogen-bond acceptors (Lipinski definition) is 1. The van der Waals surface area contributed by atoms with Crippen molar-refractivity contribution in [1.29, 1.82) is 0 Å². The Bertz CT molecular complexity index is 3080. The van der Waals surface area contributed by atoms with Gasteiger partial charge < -0.3 is 9.13 Å². The van der Waals surface area contributed by atoms with E-state index in [1.165, 1.54) is 110 Å². The summed E-state index contributed by atoms with van der Waals surface area (Å²) in [6.45, 7) is 9.77. The van der Waals surface area contributed by atoms with Gasteiger partial charge in [-0.05, 0) is 112 Å². The summed E-state index contributed by atoms with van der Waals surface area (Å²) in [5, 5.41) is 10.5. The van der Waals surface area contributed by atoms with Gasteiger partial charge in [0.1, 0.15) is 0 Å². The summed E-state index contributed by atoms with van der Waals surface area (Å²) in [6.07, 6.45) is 2.38. The van der Waals surface area contributed by atoms with E-state index < -0.39 is 0 Å². The molecule has 0 spiro atoms.